The van der Waals surface area contributed by atoms with Crippen LogP contribution in [-0.4, -0.2) is 38.9 Å². The van der Waals surface area contributed by atoms with Crippen molar-refractivity contribution in [1.82, 2.24) is 14.5 Å². The third kappa shape index (κ3) is 2.35. The summed E-state index contributed by atoms with van der Waals surface area (Å²) in [6, 6.07) is 0. The van der Waals surface area contributed by atoms with E-state index in [0.717, 1.165) is 31.5 Å². The number of carbonyl (C=O) groups excluding carboxylic acids is 1. The highest BCUT2D eigenvalue weighted by Crippen LogP contribution is 2.20. The van der Waals surface area contributed by atoms with Crippen molar-refractivity contribution in [1.29, 1.82) is 0 Å². The Morgan fingerprint density at radius 1 is 1.69 bits per heavy atom. The molecule has 1 fully saturated rings. The van der Waals surface area contributed by atoms with Crippen LogP contribution in [0.3, 0.4) is 0 Å². The Balaban J connectivity index is 2.12. The molecule has 1 atom stereocenters. The molecule has 2 rings (SSSR count). The quantitative estimate of drug-likeness (QED) is 0.763. The summed E-state index contributed by atoms with van der Waals surface area (Å²) >= 11 is 7.25. The molecule has 0 bridgehead atoms. The number of halogens is 1. The van der Waals surface area contributed by atoms with Gasteiger partial charge in [0.1, 0.15) is 4.88 Å². The summed E-state index contributed by atoms with van der Waals surface area (Å²) in [5.41, 5.74) is 0.798. The number of aryl methyl sites for hydroxylation is 1. The minimum absolute atomic E-state index is 0.0391. The highest BCUT2D eigenvalue weighted by Gasteiger charge is 2.26. The number of hydrogen-bond donors (Lipinski definition) is 0. The lowest BCUT2D eigenvalue weighted by molar-refractivity contribution is 0.0730. The second kappa shape index (κ2) is 5.10. The van der Waals surface area contributed by atoms with Crippen LogP contribution in [0.1, 0.15) is 35.1 Å². The number of amides is 1. The molecule has 1 saturated heterocycles. The molecule has 1 amide bonds. The Labute approximate surface area is 104 Å². The van der Waals surface area contributed by atoms with Crippen LogP contribution in [0.2, 0.25) is 0 Å². The Morgan fingerprint density at radius 3 is 3.19 bits per heavy atom. The van der Waals surface area contributed by atoms with Gasteiger partial charge in [0.15, 0.2) is 0 Å². The van der Waals surface area contributed by atoms with Gasteiger partial charge >= 0.3 is 0 Å². The van der Waals surface area contributed by atoms with Crippen LogP contribution < -0.4 is 0 Å². The average Bonchev–Trinajstić information content (AvgIpc) is 2.76. The molecule has 1 aliphatic heterocycles. The smallest absolute Gasteiger partial charge is 0.267 e. The molecule has 4 nitrogen and oxygen atoms in total. The fourth-order valence-corrected chi connectivity index (χ4v) is 2.90. The van der Waals surface area contributed by atoms with Gasteiger partial charge in [-0.2, -0.15) is 0 Å². The molecule has 0 spiro atoms. The Bertz CT molecular complexity index is 382. The van der Waals surface area contributed by atoms with Crippen molar-refractivity contribution in [3.05, 3.63) is 10.6 Å². The van der Waals surface area contributed by atoms with E-state index in [-0.39, 0.29) is 11.3 Å². The maximum absolute atomic E-state index is 12.2. The summed E-state index contributed by atoms with van der Waals surface area (Å²) in [4.78, 5) is 14.7. The number of alkyl halides is 1. The molecule has 0 saturated carbocycles. The fourth-order valence-electron chi connectivity index (χ4n) is 1.86. The topological polar surface area (TPSA) is 46.1 Å². The monoisotopic (exact) mass is 259 g/mol. The van der Waals surface area contributed by atoms with Gasteiger partial charge in [0.25, 0.3) is 5.91 Å². The van der Waals surface area contributed by atoms with Crippen molar-refractivity contribution in [2.45, 2.75) is 31.6 Å². The molecule has 0 radical (unpaired) electrons. The first-order valence-electron chi connectivity index (χ1n) is 5.47. The van der Waals surface area contributed by atoms with Crippen LogP contribution in [0.4, 0.5) is 0 Å². The Morgan fingerprint density at radius 2 is 2.50 bits per heavy atom. The van der Waals surface area contributed by atoms with Crippen LogP contribution in [0.25, 0.3) is 0 Å². The predicted molar refractivity (Wildman–Crippen MR) is 64.1 cm³/mol. The molecule has 1 unspecified atom stereocenters. The average molecular weight is 260 g/mol. The SMILES string of the molecule is CCc1nnsc1C(=O)N1CCCC(Cl)C1. The summed E-state index contributed by atoms with van der Waals surface area (Å²) < 4.78 is 3.84. The molecule has 1 aromatic rings. The first-order chi connectivity index (χ1) is 7.72. The number of rotatable bonds is 2. The maximum atomic E-state index is 12.2. The van der Waals surface area contributed by atoms with Gasteiger partial charge in [0.05, 0.1) is 11.1 Å². The molecule has 1 aliphatic rings. The number of aromatic nitrogens is 2. The summed E-state index contributed by atoms with van der Waals surface area (Å²) in [6.45, 7) is 3.42. The normalized spacial score (nSPS) is 21.1. The predicted octanol–water partition coefficient (Wildman–Crippen LogP) is 1.94. The van der Waals surface area contributed by atoms with Gasteiger partial charge in [-0.25, -0.2) is 0 Å². The van der Waals surface area contributed by atoms with E-state index in [0.29, 0.717) is 11.4 Å². The lowest BCUT2D eigenvalue weighted by Crippen LogP contribution is -2.40. The number of nitrogens with zero attached hydrogens (tertiary/aromatic N) is 3. The van der Waals surface area contributed by atoms with Crippen molar-refractivity contribution in [3.63, 3.8) is 0 Å². The van der Waals surface area contributed by atoms with E-state index in [1.54, 1.807) is 0 Å². The van der Waals surface area contributed by atoms with Crippen molar-refractivity contribution < 1.29 is 4.79 Å². The highest BCUT2D eigenvalue weighted by molar-refractivity contribution is 7.08. The number of piperidine rings is 1. The van der Waals surface area contributed by atoms with Gasteiger partial charge in [-0.05, 0) is 30.8 Å². The second-order valence-electron chi connectivity index (χ2n) is 3.89. The van der Waals surface area contributed by atoms with Crippen molar-refractivity contribution in [2.24, 2.45) is 0 Å². The second-order valence-corrected chi connectivity index (χ2v) is 5.26. The molecule has 0 aliphatic carbocycles. The van der Waals surface area contributed by atoms with E-state index >= 15 is 0 Å². The van der Waals surface area contributed by atoms with E-state index in [2.05, 4.69) is 9.59 Å². The third-order valence-corrected chi connectivity index (χ3v) is 3.85. The molecule has 0 N–H and O–H groups in total. The van der Waals surface area contributed by atoms with Crippen molar-refractivity contribution >= 4 is 29.0 Å². The van der Waals surface area contributed by atoms with Gasteiger partial charge in [-0.1, -0.05) is 11.4 Å². The Hall–Kier alpha value is -0.680. The molecule has 1 aromatic heterocycles. The van der Waals surface area contributed by atoms with E-state index in [4.69, 9.17) is 11.6 Å². The minimum atomic E-state index is 0.0391. The molecule has 88 valence electrons. The summed E-state index contributed by atoms with van der Waals surface area (Å²) in [6.07, 6.45) is 2.72. The largest absolute Gasteiger partial charge is 0.336 e. The van der Waals surface area contributed by atoms with E-state index in [1.807, 2.05) is 11.8 Å². The molecular weight excluding hydrogens is 246 g/mol. The van der Waals surface area contributed by atoms with Gasteiger partial charge in [-0.15, -0.1) is 16.7 Å². The first-order valence-corrected chi connectivity index (χ1v) is 6.68. The molecule has 2 heterocycles. The summed E-state index contributed by atoms with van der Waals surface area (Å²) in [5, 5.41) is 4.04. The molecule has 6 heteroatoms. The van der Waals surface area contributed by atoms with Crippen molar-refractivity contribution in [3.8, 4) is 0 Å². The van der Waals surface area contributed by atoms with E-state index in [9.17, 15) is 4.79 Å². The van der Waals surface area contributed by atoms with Crippen LogP contribution >= 0.6 is 23.1 Å². The van der Waals surface area contributed by atoms with Crippen LogP contribution in [0.15, 0.2) is 0 Å². The number of hydrogen-bond acceptors (Lipinski definition) is 4. The van der Waals surface area contributed by atoms with Crippen LogP contribution in [0.5, 0.6) is 0 Å². The van der Waals surface area contributed by atoms with Gasteiger partial charge in [0.2, 0.25) is 0 Å². The van der Waals surface area contributed by atoms with Crippen molar-refractivity contribution in [2.75, 3.05) is 13.1 Å². The summed E-state index contributed by atoms with van der Waals surface area (Å²) in [7, 11) is 0. The lowest BCUT2D eigenvalue weighted by atomic mass is 10.1. The van der Waals surface area contributed by atoms with Gasteiger partial charge in [-0.3, -0.25) is 4.79 Å². The summed E-state index contributed by atoms with van der Waals surface area (Å²) in [5.74, 6) is 0.0391. The molecular formula is C10H14ClN3OS. The van der Waals surface area contributed by atoms with Gasteiger partial charge in [0, 0.05) is 13.1 Å². The molecule has 16 heavy (non-hydrogen) atoms. The minimum Gasteiger partial charge on any atom is -0.336 e. The highest BCUT2D eigenvalue weighted by atomic mass is 35.5. The van der Waals surface area contributed by atoms with Gasteiger partial charge < -0.3 is 4.90 Å². The zero-order valence-electron chi connectivity index (χ0n) is 9.15. The first kappa shape index (κ1) is 11.8. The standard InChI is InChI=1S/C10H14ClN3OS/c1-2-8-9(16-13-12-8)10(15)14-5-3-4-7(11)6-14/h7H,2-6H2,1H3. The number of carbonyl (C=O) groups is 1. The lowest BCUT2D eigenvalue weighted by Gasteiger charge is -2.29. The maximum Gasteiger partial charge on any atom is 0.267 e. The zero-order valence-corrected chi connectivity index (χ0v) is 10.7. The van der Waals surface area contributed by atoms with E-state index in [1.165, 1.54) is 11.5 Å². The zero-order chi connectivity index (χ0) is 11.5. The molecule has 0 aromatic carbocycles. The fraction of sp³-hybridized carbons (Fsp3) is 0.700. The van der Waals surface area contributed by atoms with Crippen LogP contribution in [0, 0.1) is 0 Å². The van der Waals surface area contributed by atoms with Crippen LogP contribution in [-0.2, 0) is 6.42 Å². The van der Waals surface area contributed by atoms with E-state index < -0.39 is 0 Å². The Kier molecular flexibility index (Phi) is 3.76. The number of likely N-dealkylation sites (tertiary alicyclic amines) is 1. The third-order valence-electron chi connectivity index (χ3n) is 2.74.